The number of rotatable bonds is 6. The predicted octanol–water partition coefficient (Wildman–Crippen LogP) is 2.19. The van der Waals surface area contributed by atoms with Gasteiger partial charge in [0.2, 0.25) is 10.0 Å². The Morgan fingerprint density at radius 3 is 2.38 bits per heavy atom. The Morgan fingerprint density at radius 1 is 1.33 bits per heavy atom. The summed E-state index contributed by atoms with van der Waals surface area (Å²) in [7, 11) is 0.240. The normalized spacial score (nSPS) is 13.9. The summed E-state index contributed by atoms with van der Waals surface area (Å²) in [6, 6.07) is 2.90. The summed E-state index contributed by atoms with van der Waals surface area (Å²) in [5, 5.41) is 0.371. The lowest BCUT2D eigenvalue weighted by Gasteiger charge is -2.29. The van der Waals surface area contributed by atoms with Crippen LogP contribution in [0.1, 0.15) is 19.4 Å². The standard InChI is InChI=1S/C14H24ClN3O2S/c1-6-18(11(3)9-17(4)5)21(19,20)14-8-13(16)12(15)7-10(14)2/h7-8,11H,6,9,16H2,1-5H3. The van der Waals surface area contributed by atoms with Crippen LogP contribution >= 0.6 is 11.6 Å². The van der Waals surface area contributed by atoms with Gasteiger partial charge in [0.15, 0.2) is 0 Å². The van der Waals surface area contributed by atoms with Gasteiger partial charge in [-0.15, -0.1) is 0 Å². The van der Waals surface area contributed by atoms with Crippen molar-refractivity contribution in [2.75, 3.05) is 32.9 Å². The Bertz CT molecular complexity index is 602. The number of anilines is 1. The molecule has 0 heterocycles. The fourth-order valence-electron chi connectivity index (χ4n) is 2.41. The van der Waals surface area contributed by atoms with Crippen molar-refractivity contribution in [1.29, 1.82) is 0 Å². The van der Waals surface area contributed by atoms with E-state index in [0.29, 0.717) is 23.7 Å². The molecule has 1 aromatic carbocycles. The van der Waals surface area contributed by atoms with Crippen LogP contribution in [-0.4, -0.2) is 50.8 Å². The lowest BCUT2D eigenvalue weighted by Crippen LogP contribution is -2.43. The molecule has 0 saturated heterocycles. The highest BCUT2D eigenvalue weighted by molar-refractivity contribution is 7.89. The molecule has 2 N–H and O–H groups in total. The average molecular weight is 334 g/mol. The van der Waals surface area contributed by atoms with Gasteiger partial charge in [-0.25, -0.2) is 8.42 Å². The monoisotopic (exact) mass is 333 g/mol. The van der Waals surface area contributed by atoms with E-state index in [-0.39, 0.29) is 16.6 Å². The van der Waals surface area contributed by atoms with Crippen molar-refractivity contribution in [2.24, 2.45) is 0 Å². The van der Waals surface area contributed by atoms with E-state index in [4.69, 9.17) is 17.3 Å². The van der Waals surface area contributed by atoms with E-state index in [0.717, 1.165) is 0 Å². The Balaban J connectivity index is 3.28. The van der Waals surface area contributed by atoms with Gasteiger partial charge in [0.25, 0.3) is 0 Å². The van der Waals surface area contributed by atoms with Crippen molar-refractivity contribution in [1.82, 2.24) is 9.21 Å². The molecular weight excluding hydrogens is 310 g/mol. The van der Waals surface area contributed by atoms with E-state index >= 15 is 0 Å². The molecule has 1 atom stereocenters. The van der Waals surface area contributed by atoms with Gasteiger partial charge in [0, 0.05) is 19.1 Å². The third-order valence-electron chi connectivity index (χ3n) is 3.31. The van der Waals surface area contributed by atoms with Crippen molar-refractivity contribution in [3.8, 4) is 0 Å². The van der Waals surface area contributed by atoms with E-state index in [1.807, 2.05) is 32.8 Å². The quantitative estimate of drug-likeness (QED) is 0.810. The molecule has 0 radical (unpaired) electrons. The second kappa shape index (κ2) is 6.96. The summed E-state index contributed by atoms with van der Waals surface area (Å²) in [5.41, 5.74) is 6.64. The van der Waals surface area contributed by atoms with Gasteiger partial charge >= 0.3 is 0 Å². The van der Waals surface area contributed by atoms with E-state index in [1.54, 1.807) is 13.0 Å². The van der Waals surface area contributed by atoms with Gasteiger partial charge in [-0.2, -0.15) is 4.31 Å². The van der Waals surface area contributed by atoms with Gasteiger partial charge in [-0.1, -0.05) is 18.5 Å². The molecular formula is C14H24ClN3O2S. The van der Waals surface area contributed by atoms with Crippen LogP contribution in [0.4, 0.5) is 5.69 Å². The largest absolute Gasteiger partial charge is 0.397 e. The molecule has 0 aliphatic rings. The van der Waals surface area contributed by atoms with Crippen LogP contribution in [0.15, 0.2) is 17.0 Å². The van der Waals surface area contributed by atoms with Gasteiger partial charge in [0.05, 0.1) is 15.6 Å². The van der Waals surface area contributed by atoms with Gasteiger partial charge in [0.1, 0.15) is 0 Å². The molecule has 0 fully saturated rings. The molecule has 1 unspecified atom stereocenters. The first-order chi connectivity index (χ1) is 9.61. The fourth-order valence-corrected chi connectivity index (χ4v) is 4.50. The molecule has 0 spiro atoms. The lowest BCUT2D eigenvalue weighted by molar-refractivity contribution is 0.271. The van der Waals surface area contributed by atoms with Crippen molar-refractivity contribution in [3.05, 3.63) is 22.7 Å². The number of nitrogen functional groups attached to an aromatic ring is 1. The third kappa shape index (κ3) is 4.10. The number of nitrogens with zero attached hydrogens (tertiary/aromatic N) is 2. The van der Waals surface area contributed by atoms with Crippen LogP contribution in [0.25, 0.3) is 0 Å². The van der Waals surface area contributed by atoms with E-state index in [1.165, 1.54) is 10.4 Å². The highest BCUT2D eigenvalue weighted by Gasteiger charge is 2.29. The zero-order valence-electron chi connectivity index (χ0n) is 13.2. The Morgan fingerprint density at radius 2 is 1.90 bits per heavy atom. The molecule has 0 saturated carbocycles. The second-order valence-electron chi connectivity index (χ2n) is 5.46. The zero-order valence-corrected chi connectivity index (χ0v) is 14.8. The van der Waals surface area contributed by atoms with Crippen LogP contribution in [0.2, 0.25) is 5.02 Å². The summed E-state index contributed by atoms with van der Waals surface area (Å²) in [6.45, 7) is 6.51. The number of halogens is 1. The summed E-state index contributed by atoms with van der Waals surface area (Å²) in [5.74, 6) is 0. The number of nitrogens with two attached hydrogens (primary N) is 1. The molecule has 0 aliphatic heterocycles. The van der Waals surface area contributed by atoms with Gasteiger partial charge < -0.3 is 10.6 Å². The smallest absolute Gasteiger partial charge is 0.243 e. The molecule has 0 aliphatic carbocycles. The number of aryl methyl sites for hydroxylation is 1. The third-order valence-corrected chi connectivity index (χ3v) is 5.87. The molecule has 5 nitrogen and oxygen atoms in total. The van der Waals surface area contributed by atoms with Crippen LogP contribution < -0.4 is 5.73 Å². The van der Waals surface area contributed by atoms with Crippen LogP contribution in [0.3, 0.4) is 0 Å². The van der Waals surface area contributed by atoms with Gasteiger partial charge in [-0.3, -0.25) is 0 Å². The number of likely N-dealkylation sites (N-methyl/N-ethyl adjacent to an activating group) is 2. The predicted molar refractivity (Wildman–Crippen MR) is 88.2 cm³/mol. The van der Waals surface area contributed by atoms with Crippen LogP contribution in [0, 0.1) is 6.92 Å². The highest BCUT2D eigenvalue weighted by atomic mass is 35.5. The van der Waals surface area contributed by atoms with Crippen molar-refractivity contribution in [3.63, 3.8) is 0 Å². The molecule has 1 aromatic rings. The Hall–Kier alpha value is -0.820. The molecule has 1 rings (SSSR count). The second-order valence-corrected chi connectivity index (χ2v) is 7.73. The highest BCUT2D eigenvalue weighted by Crippen LogP contribution is 2.29. The number of hydrogen-bond donors (Lipinski definition) is 1. The first-order valence-electron chi connectivity index (χ1n) is 6.83. The molecule has 0 bridgehead atoms. The Labute approximate surface area is 132 Å². The maximum Gasteiger partial charge on any atom is 0.243 e. The maximum atomic E-state index is 12.9. The number of benzene rings is 1. The van der Waals surface area contributed by atoms with Crippen LogP contribution in [0.5, 0.6) is 0 Å². The lowest BCUT2D eigenvalue weighted by atomic mass is 10.2. The summed E-state index contributed by atoms with van der Waals surface area (Å²) in [4.78, 5) is 2.18. The zero-order chi connectivity index (χ0) is 16.4. The molecule has 0 amide bonds. The van der Waals surface area contributed by atoms with Crippen molar-refractivity contribution >= 4 is 27.3 Å². The number of hydrogen-bond acceptors (Lipinski definition) is 4. The molecule has 21 heavy (non-hydrogen) atoms. The molecule has 0 aromatic heterocycles. The first kappa shape index (κ1) is 18.2. The number of sulfonamides is 1. The minimum Gasteiger partial charge on any atom is -0.397 e. The minimum absolute atomic E-state index is 0.133. The summed E-state index contributed by atoms with van der Waals surface area (Å²) >= 11 is 5.94. The maximum absolute atomic E-state index is 12.9. The van der Waals surface area contributed by atoms with E-state index in [2.05, 4.69) is 0 Å². The minimum atomic E-state index is -3.60. The van der Waals surface area contributed by atoms with Crippen molar-refractivity contribution < 1.29 is 8.42 Å². The SMILES string of the molecule is CCN(C(C)CN(C)C)S(=O)(=O)c1cc(N)c(Cl)cc1C. The summed E-state index contributed by atoms with van der Waals surface area (Å²) < 4.78 is 27.2. The van der Waals surface area contributed by atoms with E-state index in [9.17, 15) is 8.42 Å². The van der Waals surface area contributed by atoms with Crippen LogP contribution in [-0.2, 0) is 10.0 Å². The van der Waals surface area contributed by atoms with Gasteiger partial charge in [-0.05, 0) is 45.6 Å². The molecule has 120 valence electrons. The topological polar surface area (TPSA) is 66.6 Å². The Kier molecular flexibility index (Phi) is 6.04. The van der Waals surface area contributed by atoms with Crippen molar-refractivity contribution in [2.45, 2.75) is 31.7 Å². The average Bonchev–Trinajstić information content (AvgIpc) is 2.33. The fraction of sp³-hybridized carbons (Fsp3) is 0.571. The molecule has 7 heteroatoms. The summed E-state index contributed by atoms with van der Waals surface area (Å²) in [6.07, 6.45) is 0. The first-order valence-corrected chi connectivity index (χ1v) is 8.65. The van der Waals surface area contributed by atoms with E-state index < -0.39 is 10.0 Å².